The highest BCUT2D eigenvalue weighted by atomic mass is 16.2. The Morgan fingerprint density at radius 2 is 2.26 bits per heavy atom. The van der Waals surface area contributed by atoms with E-state index < -0.39 is 0 Å². The molecule has 0 spiro atoms. The van der Waals surface area contributed by atoms with Crippen molar-refractivity contribution in [2.45, 2.75) is 37.8 Å². The van der Waals surface area contributed by atoms with Gasteiger partial charge in [0.25, 0.3) is 5.91 Å². The molecule has 2 aliphatic rings. The van der Waals surface area contributed by atoms with Gasteiger partial charge < -0.3 is 11.1 Å². The first kappa shape index (κ1) is 12.5. The van der Waals surface area contributed by atoms with Crippen LogP contribution in [0.3, 0.4) is 0 Å². The van der Waals surface area contributed by atoms with Crippen molar-refractivity contribution in [3.8, 4) is 0 Å². The number of nitrogen functional groups attached to an aromatic ring is 1. The van der Waals surface area contributed by atoms with Gasteiger partial charge in [-0.2, -0.15) is 5.10 Å². The number of carbonyl (C=O) groups excluding carboxylic acids is 1. The number of hydrogen-bond donors (Lipinski definition) is 2. The first-order valence-corrected chi connectivity index (χ1v) is 6.99. The number of piperidine rings is 1. The van der Waals surface area contributed by atoms with Crippen LogP contribution in [0, 0.1) is 0 Å². The maximum atomic E-state index is 12.3. The van der Waals surface area contributed by atoms with Crippen LogP contribution in [0.5, 0.6) is 0 Å². The Morgan fingerprint density at radius 1 is 1.42 bits per heavy atom. The minimum absolute atomic E-state index is 0.102. The van der Waals surface area contributed by atoms with Crippen LogP contribution in [0.4, 0.5) is 5.69 Å². The molecule has 0 bridgehead atoms. The fourth-order valence-corrected chi connectivity index (χ4v) is 3.39. The van der Waals surface area contributed by atoms with E-state index in [4.69, 9.17) is 5.73 Å². The molecule has 0 radical (unpaired) electrons. The van der Waals surface area contributed by atoms with E-state index >= 15 is 0 Å². The predicted molar refractivity (Wildman–Crippen MR) is 72.7 cm³/mol. The molecule has 3 rings (SSSR count). The van der Waals surface area contributed by atoms with Crippen LogP contribution in [0.25, 0.3) is 0 Å². The summed E-state index contributed by atoms with van der Waals surface area (Å²) in [5.41, 5.74) is 6.70. The Labute approximate surface area is 112 Å². The molecule has 6 heteroatoms. The van der Waals surface area contributed by atoms with Crippen molar-refractivity contribution in [3.63, 3.8) is 0 Å². The molecule has 1 aromatic heterocycles. The van der Waals surface area contributed by atoms with Gasteiger partial charge in [-0.05, 0) is 25.8 Å². The number of carbonyl (C=O) groups is 1. The molecule has 2 fully saturated rings. The van der Waals surface area contributed by atoms with Crippen molar-refractivity contribution in [1.29, 1.82) is 0 Å². The van der Waals surface area contributed by atoms with E-state index in [1.807, 2.05) is 0 Å². The molecule has 19 heavy (non-hydrogen) atoms. The average Bonchev–Trinajstić information content (AvgIpc) is 2.94. The maximum Gasteiger partial charge on any atom is 0.271 e. The fraction of sp³-hybridized carbons (Fsp3) is 0.692. The Kier molecular flexibility index (Phi) is 3.18. The minimum Gasteiger partial charge on any atom is -0.396 e. The average molecular weight is 263 g/mol. The number of nitrogens with one attached hydrogen (secondary N) is 1. The smallest absolute Gasteiger partial charge is 0.271 e. The lowest BCUT2D eigenvalue weighted by Crippen LogP contribution is -2.47. The molecule has 1 aromatic rings. The van der Waals surface area contributed by atoms with Crippen molar-refractivity contribution in [2.24, 2.45) is 7.05 Å². The number of aromatic nitrogens is 2. The summed E-state index contributed by atoms with van der Waals surface area (Å²) in [7, 11) is 1.74. The van der Waals surface area contributed by atoms with Crippen molar-refractivity contribution in [1.82, 2.24) is 20.0 Å². The lowest BCUT2D eigenvalue weighted by molar-refractivity contribution is 0.0907. The third-order valence-electron chi connectivity index (χ3n) is 4.35. The normalized spacial score (nSPS) is 27.2. The number of nitrogens with zero attached hydrogens (tertiary/aromatic N) is 3. The molecule has 1 amide bonds. The third kappa shape index (κ3) is 2.20. The largest absolute Gasteiger partial charge is 0.396 e. The fourth-order valence-electron chi connectivity index (χ4n) is 3.39. The van der Waals surface area contributed by atoms with Crippen LogP contribution < -0.4 is 11.1 Å². The van der Waals surface area contributed by atoms with E-state index in [2.05, 4.69) is 15.3 Å². The third-order valence-corrected chi connectivity index (χ3v) is 4.35. The second-order valence-corrected chi connectivity index (χ2v) is 5.54. The highest BCUT2D eigenvalue weighted by Gasteiger charge is 2.36. The van der Waals surface area contributed by atoms with Gasteiger partial charge >= 0.3 is 0 Å². The molecule has 6 nitrogen and oxygen atoms in total. The zero-order valence-electron chi connectivity index (χ0n) is 11.3. The number of anilines is 1. The lowest BCUT2D eigenvalue weighted by Gasteiger charge is -2.32. The summed E-state index contributed by atoms with van der Waals surface area (Å²) >= 11 is 0. The molecule has 2 saturated heterocycles. The van der Waals surface area contributed by atoms with Crippen molar-refractivity contribution < 1.29 is 4.79 Å². The summed E-state index contributed by atoms with van der Waals surface area (Å²) in [4.78, 5) is 14.8. The summed E-state index contributed by atoms with van der Waals surface area (Å²) in [5, 5.41) is 7.15. The molecule has 3 N–H and O–H groups in total. The van der Waals surface area contributed by atoms with Crippen molar-refractivity contribution in [3.05, 3.63) is 11.9 Å². The van der Waals surface area contributed by atoms with E-state index in [0.717, 1.165) is 13.0 Å². The second kappa shape index (κ2) is 4.85. The van der Waals surface area contributed by atoms with Crippen LogP contribution in [-0.2, 0) is 7.05 Å². The van der Waals surface area contributed by atoms with E-state index in [1.165, 1.54) is 36.7 Å². The SMILES string of the molecule is Cn1ncc(N)c1C(=O)NC1CCN2CCCCC12. The van der Waals surface area contributed by atoms with E-state index in [0.29, 0.717) is 17.4 Å². The zero-order chi connectivity index (χ0) is 13.4. The molecule has 3 heterocycles. The monoisotopic (exact) mass is 263 g/mol. The number of hydrogen-bond acceptors (Lipinski definition) is 4. The van der Waals surface area contributed by atoms with Gasteiger partial charge in [-0.25, -0.2) is 0 Å². The van der Waals surface area contributed by atoms with E-state index in [1.54, 1.807) is 7.05 Å². The zero-order valence-corrected chi connectivity index (χ0v) is 11.3. The van der Waals surface area contributed by atoms with E-state index in [9.17, 15) is 4.79 Å². The quantitative estimate of drug-likeness (QED) is 0.807. The molecule has 0 saturated carbocycles. The van der Waals surface area contributed by atoms with Gasteiger partial charge in [-0.1, -0.05) is 6.42 Å². The number of rotatable bonds is 2. The van der Waals surface area contributed by atoms with Crippen LogP contribution in [-0.4, -0.2) is 45.8 Å². The molecule has 104 valence electrons. The van der Waals surface area contributed by atoms with Gasteiger partial charge in [0.15, 0.2) is 0 Å². The van der Waals surface area contributed by atoms with Crippen LogP contribution in [0.1, 0.15) is 36.2 Å². The molecular formula is C13H21N5O. The Bertz CT molecular complexity index is 464. The number of aryl methyl sites for hydroxylation is 1. The number of nitrogens with two attached hydrogens (primary N) is 1. The molecule has 2 atom stereocenters. The van der Waals surface area contributed by atoms with Gasteiger partial charge in [-0.15, -0.1) is 0 Å². The molecular weight excluding hydrogens is 242 g/mol. The standard InChI is InChI=1S/C13H21N5O/c1-17-12(9(14)8-15-17)13(19)16-10-5-7-18-6-3-2-4-11(10)18/h8,10-11H,2-7,14H2,1H3,(H,16,19). The predicted octanol–water partition coefficient (Wildman–Crippen LogP) is 0.359. The van der Waals surface area contributed by atoms with Crippen molar-refractivity contribution in [2.75, 3.05) is 18.8 Å². The van der Waals surface area contributed by atoms with Crippen LogP contribution in [0.2, 0.25) is 0 Å². The molecule has 2 aliphatic heterocycles. The van der Waals surface area contributed by atoms with Gasteiger partial charge in [0.1, 0.15) is 5.69 Å². The summed E-state index contributed by atoms with van der Waals surface area (Å²) in [6.45, 7) is 2.27. The minimum atomic E-state index is -0.102. The second-order valence-electron chi connectivity index (χ2n) is 5.54. The van der Waals surface area contributed by atoms with Gasteiger partial charge in [0.2, 0.25) is 0 Å². The summed E-state index contributed by atoms with van der Waals surface area (Å²) in [5.74, 6) is -0.102. The first-order chi connectivity index (χ1) is 9.16. The van der Waals surface area contributed by atoms with Gasteiger partial charge in [0.05, 0.1) is 11.9 Å². The summed E-state index contributed by atoms with van der Waals surface area (Å²) in [6.07, 6.45) is 6.30. The maximum absolute atomic E-state index is 12.3. The lowest BCUT2D eigenvalue weighted by atomic mass is 9.99. The Morgan fingerprint density at radius 3 is 3.00 bits per heavy atom. The highest BCUT2D eigenvalue weighted by molar-refractivity contribution is 5.97. The topological polar surface area (TPSA) is 76.2 Å². The highest BCUT2D eigenvalue weighted by Crippen LogP contribution is 2.27. The van der Waals surface area contributed by atoms with Crippen LogP contribution >= 0.6 is 0 Å². The summed E-state index contributed by atoms with van der Waals surface area (Å²) < 4.78 is 1.54. The number of amides is 1. The van der Waals surface area contributed by atoms with Gasteiger partial charge in [0, 0.05) is 25.7 Å². The molecule has 0 aliphatic carbocycles. The van der Waals surface area contributed by atoms with E-state index in [-0.39, 0.29) is 11.9 Å². The molecule has 0 aromatic carbocycles. The summed E-state index contributed by atoms with van der Waals surface area (Å²) in [6, 6.07) is 0.759. The van der Waals surface area contributed by atoms with Crippen LogP contribution in [0.15, 0.2) is 6.20 Å². The number of fused-ring (bicyclic) bond motifs is 1. The Hall–Kier alpha value is -1.56. The molecule has 2 unspecified atom stereocenters. The first-order valence-electron chi connectivity index (χ1n) is 6.99. The Balaban J connectivity index is 1.70. The van der Waals surface area contributed by atoms with Gasteiger partial charge in [-0.3, -0.25) is 14.4 Å². The van der Waals surface area contributed by atoms with Crippen molar-refractivity contribution >= 4 is 11.6 Å².